The quantitative estimate of drug-likeness (QED) is 0.620. The van der Waals surface area contributed by atoms with Gasteiger partial charge in [0.1, 0.15) is 0 Å². The highest BCUT2D eigenvalue weighted by atomic mass is 32.2. The smallest absolute Gasteiger partial charge is 0.251 e. The number of nitrogens with one attached hydrogen (secondary N) is 1. The average molecular weight is 435 g/mol. The lowest BCUT2D eigenvalue weighted by atomic mass is 10.1. The first-order chi connectivity index (χ1) is 14.1. The van der Waals surface area contributed by atoms with Crippen LogP contribution in [0.4, 0.5) is 0 Å². The molecule has 0 bridgehead atoms. The standard InChI is InChI=1S/C22H30N2O5S/c1-16(2)12-13-29-20-11-8-18(14-21(20)28-5)22(25)23-15-17-6-9-19(10-7-17)30(26,27)24(3)4/h6-11,14,16H,12-13,15H2,1-5H3,(H,23,25). The van der Waals surface area contributed by atoms with Crippen LogP contribution in [0.5, 0.6) is 11.5 Å². The highest BCUT2D eigenvalue weighted by Gasteiger charge is 2.17. The van der Waals surface area contributed by atoms with Crippen LogP contribution in [-0.4, -0.2) is 46.4 Å². The number of ether oxygens (including phenoxy) is 2. The van der Waals surface area contributed by atoms with Crippen molar-refractivity contribution in [2.24, 2.45) is 5.92 Å². The van der Waals surface area contributed by atoms with Gasteiger partial charge in [0.25, 0.3) is 5.91 Å². The molecule has 30 heavy (non-hydrogen) atoms. The molecule has 2 rings (SSSR count). The minimum atomic E-state index is -3.47. The Balaban J connectivity index is 2.00. The molecule has 0 saturated heterocycles. The summed E-state index contributed by atoms with van der Waals surface area (Å²) in [5.74, 6) is 1.39. The maximum Gasteiger partial charge on any atom is 0.251 e. The van der Waals surface area contributed by atoms with Crippen molar-refractivity contribution in [2.75, 3.05) is 27.8 Å². The molecule has 0 aromatic heterocycles. The van der Waals surface area contributed by atoms with Crippen LogP contribution in [0.3, 0.4) is 0 Å². The van der Waals surface area contributed by atoms with E-state index in [-0.39, 0.29) is 17.3 Å². The van der Waals surface area contributed by atoms with E-state index in [9.17, 15) is 13.2 Å². The average Bonchev–Trinajstić information content (AvgIpc) is 2.72. The molecule has 2 aromatic rings. The molecule has 7 nitrogen and oxygen atoms in total. The first-order valence-electron chi connectivity index (χ1n) is 9.75. The molecular formula is C22H30N2O5S. The van der Waals surface area contributed by atoms with Crippen molar-refractivity contribution in [1.82, 2.24) is 9.62 Å². The zero-order valence-electron chi connectivity index (χ0n) is 18.1. The van der Waals surface area contributed by atoms with Crippen LogP contribution in [0.25, 0.3) is 0 Å². The van der Waals surface area contributed by atoms with Crippen LogP contribution in [0, 0.1) is 5.92 Å². The molecule has 1 amide bonds. The van der Waals surface area contributed by atoms with Crippen LogP contribution < -0.4 is 14.8 Å². The Morgan fingerprint density at radius 2 is 1.73 bits per heavy atom. The maximum atomic E-state index is 12.5. The van der Waals surface area contributed by atoms with E-state index in [0.29, 0.717) is 29.6 Å². The van der Waals surface area contributed by atoms with Crippen molar-refractivity contribution in [1.29, 1.82) is 0 Å². The SMILES string of the molecule is COc1cc(C(=O)NCc2ccc(S(=O)(=O)N(C)C)cc2)ccc1OCCC(C)C. The molecule has 0 saturated carbocycles. The summed E-state index contributed by atoms with van der Waals surface area (Å²) in [6.45, 7) is 5.11. The summed E-state index contributed by atoms with van der Waals surface area (Å²) in [5.41, 5.74) is 1.25. The lowest BCUT2D eigenvalue weighted by Gasteiger charge is -2.13. The summed E-state index contributed by atoms with van der Waals surface area (Å²) in [6.07, 6.45) is 0.931. The van der Waals surface area contributed by atoms with E-state index >= 15 is 0 Å². The summed E-state index contributed by atoms with van der Waals surface area (Å²) < 4.78 is 36.5. The number of benzene rings is 2. The van der Waals surface area contributed by atoms with Crippen LogP contribution in [0.1, 0.15) is 36.2 Å². The zero-order chi connectivity index (χ0) is 22.3. The van der Waals surface area contributed by atoms with Crippen molar-refractivity contribution >= 4 is 15.9 Å². The number of hydrogen-bond donors (Lipinski definition) is 1. The molecule has 0 fully saturated rings. The van der Waals surface area contributed by atoms with Crippen LogP contribution >= 0.6 is 0 Å². The van der Waals surface area contributed by atoms with Gasteiger partial charge >= 0.3 is 0 Å². The number of sulfonamides is 1. The first kappa shape index (κ1) is 23.7. The van der Waals surface area contributed by atoms with E-state index in [1.165, 1.54) is 33.3 Å². The van der Waals surface area contributed by atoms with Gasteiger partial charge in [-0.25, -0.2) is 12.7 Å². The number of hydrogen-bond acceptors (Lipinski definition) is 5. The third-order valence-corrected chi connectivity index (χ3v) is 6.36. The fraction of sp³-hybridized carbons (Fsp3) is 0.409. The molecule has 0 aliphatic carbocycles. The molecule has 0 spiro atoms. The normalized spacial score (nSPS) is 11.6. The van der Waals surface area contributed by atoms with Crippen molar-refractivity contribution in [3.8, 4) is 11.5 Å². The monoisotopic (exact) mass is 434 g/mol. The van der Waals surface area contributed by atoms with Gasteiger partial charge < -0.3 is 14.8 Å². The minimum absolute atomic E-state index is 0.209. The second-order valence-corrected chi connectivity index (χ2v) is 9.66. The van der Waals surface area contributed by atoms with E-state index in [4.69, 9.17) is 9.47 Å². The molecule has 164 valence electrons. The zero-order valence-corrected chi connectivity index (χ0v) is 19.0. The minimum Gasteiger partial charge on any atom is -0.493 e. The fourth-order valence-electron chi connectivity index (χ4n) is 2.61. The van der Waals surface area contributed by atoms with Crippen molar-refractivity contribution in [2.45, 2.75) is 31.7 Å². The van der Waals surface area contributed by atoms with Gasteiger partial charge in [-0.2, -0.15) is 0 Å². The van der Waals surface area contributed by atoms with E-state index in [1.807, 2.05) is 0 Å². The van der Waals surface area contributed by atoms with Gasteiger partial charge in [-0.1, -0.05) is 26.0 Å². The van der Waals surface area contributed by atoms with E-state index in [1.54, 1.807) is 30.3 Å². The predicted octanol–water partition coefficient (Wildman–Crippen LogP) is 3.30. The Kier molecular flexibility index (Phi) is 8.25. The number of methoxy groups -OCH3 is 1. The van der Waals surface area contributed by atoms with Crippen molar-refractivity contribution in [3.63, 3.8) is 0 Å². The van der Waals surface area contributed by atoms with Gasteiger partial charge in [-0.05, 0) is 48.2 Å². The Hall–Kier alpha value is -2.58. The third-order valence-electron chi connectivity index (χ3n) is 4.53. The summed E-state index contributed by atoms with van der Waals surface area (Å²) in [6, 6.07) is 11.5. The molecule has 2 aromatic carbocycles. The van der Waals surface area contributed by atoms with Gasteiger partial charge in [0.15, 0.2) is 11.5 Å². The fourth-order valence-corrected chi connectivity index (χ4v) is 3.51. The van der Waals surface area contributed by atoms with Crippen LogP contribution in [-0.2, 0) is 16.6 Å². The summed E-state index contributed by atoms with van der Waals surface area (Å²) in [4.78, 5) is 12.7. The molecule has 0 unspecified atom stereocenters. The Morgan fingerprint density at radius 3 is 2.30 bits per heavy atom. The lowest BCUT2D eigenvalue weighted by molar-refractivity contribution is 0.0950. The topological polar surface area (TPSA) is 84.9 Å². The largest absolute Gasteiger partial charge is 0.493 e. The van der Waals surface area contributed by atoms with Crippen LogP contribution in [0.2, 0.25) is 0 Å². The predicted molar refractivity (Wildman–Crippen MR) is 116 cm³/mol. The van der Waals surface area contributed by atoms with E-state index < -0.39 is 10.0 Å². The Bertz CT molecular complexity index is 954. The van der Waals surface area contributed by atoms with Gasteiger partial charge in [0, 0.05) is 26.2 Å². The second-order valence-electron chi connectivity index (χ2n) is 7.51. The Labute approximate surface area is 179 Å². The van der Waals surface area contributed by atoms with Gasteiger partial charge in [0.05, 0.1) is 18.6 Å². The first-order valence-corrected chi connectivity index (χ1v) is 11.2. The van der Waals surface area contributed by atoms with E-state index in [2.05, 4.69) is 19.2 Å². The molecular weight excluding hydrogens is 404 g/mol. The molecule has 1 N–H and O–H groups in total. The number of amides is 1. The maximum absolute atomic E-state index is 12.5. The van der Waals surface area contributed by atoms with Gasteiger partial charge in [-0.15, -0.1) is 0 Å². The van der Waals surface area contributed by atoms with Crippen molar-refractivity contribution in [3.05, 3.63) is 53.6 Å². The highest BCUT2D eigenvalue weighted by Crippen LogP contribution is 2.28. The van der Waals surface area contributed by atoms with Crippen LogP contribution in [0.15, 0.2) is 47.4 Å². The van der Waals surface area contributed by atoms with Gasteiger partial charge in [-0.3, -0.25) is 4.79 Å². The highest BCUT2D eigenvalue weighted by molar-refractivity contribution is 7.89. The summed E-state index contributed by atoms with van der Waals surface area (Å²) in [5, 5.41) is 2.83. The molecule has 0 aliphatic heterocycles. The van der Waals surface area contributed by atoms with Crippen molar-refractivity contribution < 1.29 is 22.7 Å². The number of carbonyl (C=O) groups is 1. The Morgan fingerprint density at radius 1 is 1.07 bits per heavy atom. The molecule has 8 heteroatoms. The summed E-state index contributed by atoms with van der Waals surface area (Å²) in [7, 11) is 1.04. The number of rotatable bonds is 10. The van der Waals surface area contributed by atoms with E-state index in [0.717, 1.165) is 16.3 Å². The second kappa shape index (κ2) is 10.4. The lowest BCUT2D eigenvalue weighted by Crippen LogP contribution is -2.23. The third kappa shape index (κ3) is 6.21. The number of nitrogens with zero attached hydrogens (tertiary/aromatic N) is 1. The molecule has 0 radical (unpaired) electrons. The molecule has 0 heterocycles. The van der Waals surface area contributed by atoms with Gasteiger partial charge in [0.2, 0.25) is 10.0 Å². The number of carbonyl (C=O) groups excluding carboxylic acids is 1. The molecule has 0 aliphatic rings. The summed E-state index contributed by atoms with van der Waals surface area (Å²) >= 11 is 0. The molecule has 0 atom stereocenters.